The van der Waals surface area contributed by atoms with Gasteiger partial charge in [-0.2, -0.15) is 0 Å². The first-order valence-corrected chi connectivity index (χ1v) is 10.2. The molecule has 3 amide bonds. The lowest BCUT2D eigenvalue weighted by molar-refractivity contribution is -0.137. The molecule has 166 valence electrons. The molecule has 4 N–H and O–H groups in total. The second-order valence-electron chi connectivity index (χ2n) is 6.87. The van der Waals surface area contributed by atoms with Crippen LogP contribution in [-0.4, -0.2) is 36.9 Å². The van der Waals surface area contributed by atoms with E-state index in [0.717, 1.165) is 0 Å². The molecule has 0 spiro atoms. The molecule has 2 aromatic rings. The fourth-order valence-corrected chi connectivity index (χ4v) is 3.02. The fourth-order valence-electron chi connectivity index (χ4n) is 3.02. The van der Waals surface area contributed by atoms with Gasteiger partial charge in [-0.15, -0.1) is 0 Å². The van der Waals surface area contributed by atoms with Crippen LogP contribution in [0, 0.1) is 0 Å². The van der Waals surface area contributed by atoms with Crippen molar-refractivity contribution in [2.45, 2.75) is 20.3 Å². The highest BCUT2D eigenvalue weighted by atomic mass is 16.5. The highest BCUT2D eigenvalue weighted by Gasteiger charge is 2.25. The van der Waals surface area contributed by atoms with Gasteiger partial charge in [0.2, 0.25) is 5.91 Å². The van der Waals surface area contributed by atoms with E-state index < -0.39 is 17.9 Å². The monoisotopic (exact) mass is 435 g/mol. The molecule has 0 fully saturated rings. The zero-order valence-corrected chi connectivity index (χ0v) is 17.9. The van der Waals surface area contributed by atoms with E-state index in [4.69, 9.17) is 4.74 Å². The number of ether oxygens (including phenoxy) is 1. The van der Waals surface area contributed by atoms with Crippen LogP contribution in [0.3, 0.4) is 0 Å². The molecule has 0 aliphatic carbocycles. The molecule has 1 aliphatic heterocycles. The van der Waals surface area contributed by atoms with Crippen LogP contribution in [0.1, 0.15) is 20.3 Å². The Morgan fingerprint density at radius 2 is 1.72 bits per heavy atom. The molecule has 1 aliphatic rings. The summed E-state index contributed by atoms with van der Waals surface area (Å²) in [7, 11) is 0. The van der Waals surface area contributed by atoms with E-state index in [1.165, 1.54) is 0 Å². The van der Waals surface area contributed by atoms with E-state index in [1.54, 1.807) is 44.2 Å². The number of para-hydroxylation sites is 3. The van der Waals surface area contributed by atoms with Gasteiger partial charge in [-0.25, -0.2) is 14.6 Å². The van der Waals surface area contributed by atoms with Gasteiger partial charge >= 0.3 is 12.0 Å². The summed E-state index contributed by atoms with van der Waals surface area (Å²) < 4.78 is 5.15. The van der Waals surface area contributed by atoms with Crippen LogP contribution in [-0.2, 0) is 14.3 Å². The lowest BCUT2D eigenvalue weighted by Gasteiger charge is -2.13. The molecule has 3 rings (SSSR count). The number of urea groups is 1. The number of esters is 1. The summed E-state index contributed by atoms with van der Waals surface area (Å²) in [6.07, 6.45) is -0.00847. The van der Waals surface area contributed by atoms with Crippen molar-refractivity contribution in [2.24, 2.45) is 4.99 Å². The number of hydrogen-bond donors (Lipinski definition) is 4. The smallest absolute Gasteiger partial charge is 0.343 e. The predicted octanol–water partition coefficient (Wildman–Crippen LogP) is 3.31. The lowest BCUT2D eigenvalue weighted by atomic mass is 10.2. The largest absolute Gasteiger partial charge is 0.462 e. The maximum absolute atomic E-state index is 12.6. The third-order valence-corrected chi connectivity index (χ3v) is 4.48. The first-order chi connectivity index (χ1) is 15.5. The Kier molecular flexibility index (Phi) is 7.58. The number of nitrogens with one attached hydrogen (secondary N) is 4. The van der Waals surface area contributed by atoms with Crippen molar-refractivity contribution in [3.05, 3.63) is 65.9 Å². The molecule has 0 aromatic heterocycles. The highest BCUT2D eigenvalue weighted by molar-refractivity contribution is 6.24. The lowest BCUT2D eigenvalue weighted by Crippen LogP contribution is -2.38. The molecule has 9 heteroatoms. The quantitative estimate of drug-likeness (QED) is 0.519. The number of allylic oxidation sites excluding steroid dienone is 1. The summed E-state index contributed by atoms with van der Waals surface area (Å²) in [4.78, 5) is 41.6. The topological polar surface area (TPSA) is 121 Å². The summed E-state index contributed by atoms with van der Waals surface area (Å²) in [5.74, 6) is -0.903. The molecule has 9 nitrogen and oxygen atoms in total. The minimum absolute atomic E-state index is 0.00847. The van der Waals surface area contributed by atoms with Crippen LogP contribution in [0.4, 0.5) is 21.9 Å². The minimum atomic E-state index is -0.593. The molecule has 2 aromatic carbocycles. The van der Waals surface area contributed by atoms with Gasteiger partial charge in [0.25, 0.3) is 0 Å². The van der Waals surface area contributed by atoms with Gasteiger partial charge < -0.3 is 26.0 Å². The number of benzene rings is 2. The molecule has 0 saturated carbocycles. The van der Waals surface area contributed by atoms with Crippen molar-refractivity contribution in [1.29, 1.82) is 0 Å². The van der Waals surface area contributed by atoms with Gasteiger partial charge in [-0.3, -0.25) is 4.79 Å². The Balaban J connectivity index is 1.66. The van der Waals surface area contributed by atoms with Gasteiger partial charge in [-0.05, 0) is 38.1 Å². The summed E-state index contributed by atoms with van der Waals surface area (Å²) >= 11 is 0. The van der Waals surface area contributed by atoms with Gasteiger partial charge in [-0.1, -0.05) is 30.3 Å². The summed E-state index contributed by atoms with van der Waals surface area (Å²) in [5, 5.41) is 11.1. The summed E-state index contributed by atoms with van der Waals surface area (Å²) in [6.45, 7) is 3.70. The number of nitrogens with zero attached hydrogens (tertiary/aromatic N) is 1. The van der Waals surface area contributed by atoms with Crippen LogP contribution >= 0.6 is 0 Å². The van der Waals surface area contributed by atoms with Crippen molar-refractivity contribution in [3.63, 3.8) is 0 Å². The van der Waals surface area contributed by atoms with Crippen LogP contribution in [0.25, 0.3) is 0 Å². The molecular formula is C23H25N5O4. The highest BCUT2D eigenvalue weighted by Crippen LogP contribution is 2.30. The molecule has 32 heavy (non-hydrogen) atoms. The molecule has 0 atom stereocenters. The maximum Gasteiger partial charge on any atom is 0.343 e. The van der Waals surface area contributed by atoms with Gasteiger partial charge in [0, 0.05) is 24.4 Å². The number of carbonyl (C=O) groups excluding carboxylic acids is 3. The molecule has 0 bridgehead atoms. The molecular weight excluding hydrogens is 410 g/mol. The average Bonchev–Trinajstić information content (AvgIpc) is 2.89. The van der Waals surface area contributed by atoms with Crippen molar-refractivity contribution >= 4 is 40.8 Å². The van der Waals surface area contributed by atoms with Crippen molar-refractivity contribution < 1.29 is 19.1 Å². The van der Waals surface area contributed by atoms with E-state index in [9.17, 15) is 14.4 Å². The van der Waals surface area contributed by atoms with E-state index in [-0.39, 0.29) is 31.0 Å². The Labute approximate surface area is 186 Å². The van der Waals surface area contributed by atoms with Crippen LogP contribution < -0.4 is 21.3 Å². The predicted molar refractivity (Wildman–Crippen MR) is 123 cm³/mol. The molecule has 0 radical (unpaired) electrons. The summed E-state index contributed by atoms with van der Waals surface area (Å²) in [6, 6.07) is 15.8. The Morgan fingerprint density at radius 1 is 1.00 bits per heavy atom. The zero-order valence-electron chi connectivity index (χ0n) is 17.9. The molecule has 0 saturated heterocycles. The third-order valence-electron chi connectivity index (χ3n) is 4.48. The Morgan fingerprint density at radius 3 is 2.47 bits per heavy atom. The maximum atomic E-state index is 12.6. The zero-order chi connectivity index (χ0) is 22.9. The molecule has 0 unspecified atom stereocenters. The Hall–Kier alpha value is -4.14. The van der Waals surface area contributed by atoms with E-state index in [1.807, 2.05) is 24.3 Å². The fraction of sp³-hybridized carbons (Fsp3) is 0.217. The number of fused-ring (bicyclic) bond motifs is 1. The number of carbonyl (C=O) groups is 3. The molecule has 1 heterocycles. The Bertz CT molecular complexity index is 1060. The second-order valence-corrected chi connectivity index (χ2v) is 6.87. The van der Waals surface area contributed by atoms with Gasteiger partial charge in [0.15, 0.2) is 0 Å². The number of amidine groups is 1. The van der Waals surface area contributed by atoms with Gasteiger partial charge in [0.1, 0.15) is 11.4 Å². The third kappa shape index (κ3) is 5.94. The normalized spacial score (nSPS) is 12.5. The first kappa shape index (κ1) is 22.5. The second kappa shape index (κ2) is 10.8. The minimum Gasteiger partial charge on any atom is -0.462 e. The average molecular weight is 435 g/mol. The number of hydrogen-bond acceptors (Lipinski definition) is 6. The van der Waals surface area contributed by atoms with Crippen molar-refractivity contribution in [2.75, 3.05) is 23.8 Å². The van der Waals surface area contributed by atoms with Crippen LogP contribution in [0.5, 0.6) is 0 Å². The van der Waals surface area contributed by atoms with Crippen LogP contribution in [0.2, 0.25) is 0 Å². The SMILES string of the molecule is CCOC(=O)C1=C(C)Nc2ccccc2N=C1NC(=O)CCNC(=O)Nc1ccccc1. The van der Waals surface area contributed by atoms with Crippen molar-refractivity contribution in [3.8, 4) is 0 Å². The van der Waals surface area contributed by atoms with E-state index in [0.29, 0.717) is 22.8 Å². The number of amides is 3. The van der Waals surface area contributed by atoms with E-state index >= 15 is 0 Å². The first-order valence-electron chi connectivity index (χ1n) is 10.2. The number of rotatable bonds is 6. The van der Waals surface area contributed by atoms with Gasteiger partial charge in [0.05, 0.1) is 18.0 Å². The van der Waals surface area contributed by atoms with Crippen LogP contribution in [0.15, 0.2) is 70.9 Å². The van der Waals surface area contributed by atoms with Crippen molar-refractivity contribution in [1.82, 2.24) is 10.6 Å². The number of anilines is 2. The number of aliphatic imine (C=N–C) groups is 1. The van der Waals surface area contributed by atoms with E-state index in [2.05, 4.69) is 26.3 Å². The summed E-state index contributed by atoms with van der Waals surface area (Å²) in [5.41, 5.74) is 2.57. The standard InChI is InChI=1S/C23H25N5O4/c1-3-32-22(30)20-15(2)25-17-11-7-8-12-18(17)27-21(20)28-19(29)13-14-24-23(31)26-16-9-5-4-6-10-16/h4-12,25H,3,13-14H2,1-2H3,(H2,24,26,31)(H,27,28,29).